The summed E-state index contributed by atoms with van der Waals surface area (Å²) in [5, 5.41) is 4.27. The molecule has 0 fully saturated rings. The van der Waals surface area contributed by atoms with Crippen LogP contribution >= 0.6 is 34.8 Å². The zero-order valence-corrected chi connectivity index (χ0v) is 20.5. The van der Waals surface area contributed by atoms with Crippen molar-refractivity contribution in [3.63, 3.8) is 0 Å². The van der Waals surface area contributed by atoms with Crippen LogP contribution in [-0.2, 0) is 29.0 Å². The Balaban J connectivity index is 1.97. The molecule has 3 rings (SSSR count). The van der Waals surface area contributed by atoms with Crippen LogP contribution in [0.3, 0.4) is 0 Å². The lowest BCUT2D eigenvalue weighted by Gasteiger charge is -2.31. The van der Waals surface area contributed by atoms with Gasteiger partial charge in [0.15, 0.2) is 0 Å². The summed E-state index contributed by atoms with van der Waals surface area (Å²) >= 11 is 18.4. The molecule has 0 bridgehead atoms. The number of hydrogen-bond acceptors (Lipinski definition) is 2. The fraction of sp³-hybridized carbons (Fsp3) is 0.231. The molecule has 0 aliphatic heterocycles. The van der Waals surface area contributed by atoms with Gasteiger partial charge in [-0.25, -0.2) is 0 Å². The quantitative estimate of drug-likeness (QED) is 0.391. The lowest BCUT2D eigenvalue weighted by atomic mass is 10.0. The van der Waals surface area contributed by atoms with Gasteiger partial charge in [0.25, 0.3) is 0 Å². The maximum atomic E-state index is 13.6. The number of hydrogen-bond donors (Lipinski definition) is 1. The molecule has 172 valence electrons. The van der Waals surface area contributed by atoms with E-state index in [0.717, 1.165) is 16.7 Å². The Labute approximate surface area is 209 Å². The Bertz CT molecular complexity index is 1110. The first-order valence-electron chi connectivity index (χ1n) is 10.7. The molecule has 0 heterocycles. The summed E-state index contributed by atoms with van der Waals surface area (Å²) in [6, 6.07) is 21.3. The number of halogens is 3. The smallest absolute Gasteiger partial charge is 0.243 e. The van der Waals surface area contributed by atoms with Gasteiger partial charge in [0.05, 0.1) is 16.5 Å². The molecule has 3 aromatic rings. The molecule has 4 nitrogen and oxygen atoms in total. The minimum absolute atomic E-state index is 0.118. The molecule has 0 saturated heterocycles. The number of rotatable bonds is 9. The van der Waals surface area contributed by atoms with Gasteiger partial charge in [-0.3, -0.25) is 9.59 Å². The van der Waals surface area contributed by atoms with Crippen LogP contribution in [0.1, 0.15) is 23.6 Å². The van der Waals surface area contributed by atoms with E-state index in [4.69, 9.17) is 34.8 Å². The van der Waals surface area contributed by atoms with Crippen LogP contribution in [0, 0.1) is 0 Å². The fourth-order valence-electron chi connectivity index (χ4n) is 3.60. The van der Waals surface area contributed by atoms with E-state index in [9.17, 15) is 9.59 Å². The van der Waals surface area contributed by atoms with Gasteiger partial charge in [-0.2, -0.15) is 0 Å². The van der Waals surface area contributed by atoms with Gasteiger partial charge in [0.2, 0.25) is 11.8 Å². The van der Waals surface area contributed by atoms with Crippen LogP contribution in [0.25, 0.3) is 0 Å². The first kappa shape index (κ1) is 25.1. The number of amides is 2. The lowest BCUT2D eigenvalue weighted by molar-refractivity contribution is -0.140. The molecule has 0 aromatic heterocycles. The van der Waals surface area contributed by atoms with Gasteiger partial charge in [-0.15, -0.1) is 0 Å². The topological polar surface area (TPSA) is 49.4 Å². The summed E-state index contributed by atoms with van der Waals surface area (Å²) in [4.78, 5) is 28.3. The lowest BCUT2D eigenvalue weighted by Crippen LogP contribution is -2.50. The van der Waals surface area contributed by atoms with Crippen molar-refractivity contribution >= 4 is 46.6 Å². The van der Waals surface area contributed by atoms with E-state index in [2.05, 4.69) is 5.32 Å². The van der Waals surface area contributed by atoms with Gasteiger partial charge in [-0.1, -0.05) is 83.3 Å². The monoisotopic (exact) mass is 502 g/mol. The Kier molecular flexibility index (Phi) is 9.19. The Morgan fingerprint density at radius 1 is 0.848 bits per heavy atom. The average molecular weight is 504 g/mol. The highest BCUT2D eigenvalue weighted by Gasteiger charge is 2.30. The summed E-state index contributed by atoms with van der Waals surface area (Å²) in [7, 11) is 0. The molecule has 0 spiro atoms. The zero-order valence-electron chi connectivity index (χ0n) is 18.2. The number of likely N-dealkylation sites (N-methyl/N-ethyl adjacent to an activating group) is 1. The Hall–Kier alpha value is -2.53. The van der Waals surface area contributed by atoms with E-state index in [0.29, 0.717) is 28.0 Å². The number of carbonyl (C=O) groups is 2. The molecule has 33 heavy (non-hydrogen) atoms. The predicted octanol–water partition coefficient (Wildman–Crippen LogP) is 5.97. The summed E-state index contributed by atoms with van der Waals surface area (Å²) in [6.45, 7) is 2.53. The van der Waals surface area contributed by atoms with E-state index in [-0.39, 0.29) is 24.8 Å². The van der Waals surface area contributed by atoms with Gasteiger partial charge < -0.3 is 10.2 Å². The molecule has 0 unspecified atom stereocenters. The van der Waals surface area contributed by atoms with Crippen molar-refractivity contribution in [2.75, 3.05) is 6.54 Å². The molecule has 3 aromatic carbocycles. The van der Waals surface area contributed by atoms with Crippen LogP contribution in [-0.4, -0.2) is 29.3 Å². The summed E-state index contributed by atoms with van der Waals surface area (Å²) in [6.07, 6.45) is 0.502. The third-order valence-electron chi connectivity index (χ3n) is 5.20. The third kappa shape index (κ3) is 7.23. The molecular formula is C26H25Cl3N2O2. The highest BCUT2D eigenvalue weighted by molar-refractivity contribution is 6.42. The molecule has 7 heteroatoms. The Morgan fingerprint density at radius 2 is 1.58 bits per heavy atom. The molecule has 2 amide bonds. The predicted molar refractivity (Wildman–Crippen MR) is 135 cm³/mol. The van der Waals surface area contributed by atoms with Crippen molar-refractivity contribution in [3.8, 4) is 0 Å². The van der Waals surface area contributed by atoms with Crippen molar-refractivity contribution < 1.29 is 9.59 Å². The second-order valence-electron chi connectivity index (χ2n) is 7.68. The van der Waals surface area contributed by atoms with E-state index in [1.54, 1.807) is 35.2 Å². The highest BCUT2D eigenvalue weighted by Crippen LogP contribution is 2.25. The SMILES string of the molecule is CCNC(=O)[C@@H](Cc1ccccc1)N(Cc1ccc(Cl)c(Cl)c1)C(=O)Cc1cccc(Cl)c1. The van der Waals surface area contributed by atoms with Crippen LogP contribution in [0.4, 0.5) is 0 Å². The minimum Gasteiger partial charge on any atom is -0.355 e. The van der Waals surface area contributed by atoms with Crippen molar-refractivity contribution in [2.24, 2.45) is 0 Å². The molecule has 0 radical (unpaired) electrons. The largest absolute Gasteiger partial charge is 0.355 e. The van der Waals surface area contributed by atoms with Crippen LogP contribution in [0.5, 0.6) is 0 Å². The van der Waals surface area contributed by atoms with E-state index >= 15 is 0 Å². The highest BCUT2D eigenvalue weighted by atomic mass is 35.5. The van der Waals surface area contributed by atoms with E-state index in [1.807, 2.05) is 49.4 Å². The standard InChI is InChI=1S/C26H25Cl3N2O2/c1-2-30-26(33)24(15-18-7-4-3-5-8-18)31(17-20-11-12-22(28)23(29)14-20)25(32)16-19-9-6-10-21(27)13-19/h3-14,24H,2,15-17H2,1H3,(H,30,33)/t24-/m1/s1. The summed E-state index contributed by atoms with van der Waals surface area (Å²) < 4.78 is 0. The molecule has 0 aliphatic carbocycles. The molecular weight excluding hydrogens is 479 g/mol. The number of nitrogens with one attached hydrogen (secondary N) is 1. The van der Waals surface area contributed by atoms with Crippen molar-refractivity contribution in [2.45, 2.75) is 32.4 Å². The minimum atomic E-state index is -0.700. The molecule has 1 N–H and O–H groups in total. The Morgan fingerprint density at radius 3 is 2.24 bits per heavy atom. The van der Waals surface area contributed by atoms with Crippen LogP contribution in [0.2, 0.25) is 15.1 Å². The second kappa shape index (κ2) is 12.1. The normalized spacial score (nSPS) is 11.6. The fourth-order valence-corrected chi connectivity index (χ4v) is 4.14. The van der Waals surface area contributed by atoms with Gasteiger partial charge in [0.1, 0.15) is 6.04 Å². The average Bonchev–Trinajstić information content (AvgIpc) is 2.79. The van der Waals surface area contributed by atoms with Crippen LogP contribution < -0.4 is 5.32 Å². The third-order valence-corrected chi connectivity index (χ3v) is 6.18. The molecule has 1 atom stereocenters. The van der Waals surface area contributed by atoms with Crippen molar-refractivity contribution in [1.29, 1.82) is 0 Å². The first-order valence-corrected chi connectivity index (χ1v) is 11.8. The maximum absolute atomic E-state index is 13.6. The van der Waals surface area contributed by atoms with Crippen molar-refractivity contribution in [1.82, 2.24) is 10.2 Å². The first-order chi connectivity index (χ1) is 15.9. The number of carbonyl (C=O) groups excluding carboxylic acids is 2. The van der Waals surface area contributed by atoms with Gasteiger partial charge in [0, 0.05) is 24.5 Å². The van der Waals surface area contributed by atoms with E-state index < -0.39 is 6.04 Å². The summed E-state index contributed by atoms with van der Waals surface area (Å²) in [5.74, 6) is -0.392. The maximum Gasteiger partial charge on any atom is 0.243 e. The van der Waals surface area contributed by atoms with Gasteiger partial charge in [-0.05, 0) is 47.9 Å². The second-order valence-corrected chi connectivity index (χ2v) is 8.93. The van der Waals surface area contributed by atoms with Gasteiger partial charge >= 0.3 is 0 Å². The number of benzene rings is 3. The van der Waals surface area contributed by atoms with Crippen LogP contribution in [0.15, 0.2) is 72.8 Å². The van der Waals surface area contributed by atoms with Crippen molar-refractivity contribution in [3.05, 3.63) is 105 Å². The molecule has 0 aliphatic rings. The molecule has 0 saturated carbocycles. The number of nitrogens with zero attached hydrogens (tertiary/aromatic N) is 1. The summed E-state index contributed by atoms with van der Waals surface area (Å²) in [5.41, 5.74) is 2.52. The zero-order chi connectivity index (χ0) is 23.8. The van der Waals surface area contributed by atoms with E-state index in [1.165, 1.54) is 0 Å².